The minimum atomic E-state index is -4.11. The summed E-state index contributed by atoms with van der Waals surface area (Å²) < 4.78 is 41.2. The second kappa shape index (κ2) is 8.67. The van der Waals surface area contributed by atoms with Crippen LogP contribution < -0.4 is 0 Å². The Balaban J connectivity index is 1.71. The molecule has 2 fully saturated rings. The van der Waals surface area contributed by atoms with Gasteiger partial charge in [0.05, 0.1) is 17.3 Å². The highest BCUT2D eigenvalue weighted by atomic mass is 19.4. The third-order valence-electron chi connectivity index (χ3n) is 7.68. The molecule has 1 saturated heterocycles. The fourth-order valence-corrected chi connectivity index (χ4v) is 5.64. The average Bonchev–Trinajstić information content (AvgIpc) is 3.16. The molecule has 32 heavy (non-hydrogen) atoms. The standard InChI is InChI=1S/C24H33F3N4O/c1-5-19-15(3)28-22-12-21(17-6-8-18(9-7-17)24(25,26)27)29-31(22)23(19)20-13-30(16(4)32)11-10-14(20)2/h12,14,17-18,20H,5-11,13H2,1-4H3/t14-,17-,18-,20-/m1/s1. The van der Waals surface area contributed by atoms with Gasteiger partial charge in [-0.3, -0.25) is 4.79 Å². The van der Waals surface area contributed by atoms with E-state index in [9.17, 15) is 18.0 Å². The van der Waals surface area contributed by atoms with Gasteiger partial charge < -0.3 is 4.90 Å². The highest BCUT2D eigenvalue weighted by Gasteiger charge is 2.42. The van der Waals surface area contributed by atoms with Crippen molar-refractivity contribution in [1.29, 1.82) is 0 Å². The Bertz CT molecular complexity index is 991. The quantitative estimate of drug-likeness (QED) is 0.628. The summed E-state index contributed by atoms with van der Waals surface area (Å²) in [4.78, 5) is 18.8. The van der Waals surface area contributed by atoms with Crippen molar-refractivity contribution in [2.75, 3.05) is 13.1 Å². The van der Waals surface area contributed by atoms with Crippen LogP contribution in [0.2, 0.25) is 0 Å². The zero-order chi connectivity index (χ0) is 23.2. The normalized spacial score (nSPS) is 27.2. The first-order chi connectivity index (χ1) is 15.1. The molecule has 0 radical (unpaired) electrons. The Morgan fingerprint density at radius 2 is 1.88 bits per heavy atom. The lowest BCUT2D eigenvalue weighted by Gasteiger charge is -2.37. The number of amides is 1. The molecule has 1 amide bonds. The average molecular weight is 451 g/mol. The van der Waals surface area contributed by atoms with Crippen molar-refractivity contribution in [1.82, 2.24) is 19.5 Å². The maximum Gasteiger partial charge on any atom is 0.391 e. The Kier molecular flexibility index (Phi) is 6.25. The van der Waals surface area contributed by atoms with Crippen LogP contribution in [0.15, 0.2) is 6.07 Å². The summed E-state index contributed by atoms with van der Waals surface area (Å²) in [7, 11) is 0. The van der Waals surface area contributed by atoms with Gasteiger partial charge in [-0.15, -0.1) is 0 Å². The number of carbonyl (C=O) groups excluding carboxylic acids is 1. The fourth-order valence-electron chi connectivity index (χ4n) is 5.64. The molecule has 176 valence electrons. The van der Waals surface area contributed by atoms with Gasteiger partial charge in [-0.1, -0.05) is 13.8 Å². The predicted molar refractivity (Wildman–Crippen MR) is 117 cm³/mol. The largest absolute Gasteiger partial charge is 0.391 e. The molecule has 0 spiro atoms. The van der Waals surface area contributed by atoms with E-state index < -0.39 is 12.1 Å². The number of fused-ring (bicyclic) bond motifs is 1. The second-order valence-electron chi connectivity index (χ2n) is 9.68. The molecule has 4 rings (SSSR count). The number of halogens is 3. The van der Waals surface area contributed by atoms with Crippen LogP contribution in [0.5, 0.6) is 0 Å². The van der Waals surface area contributed by atoms with Crippen molar-refractivity contribution in [3.05, 3.63) is 28.7 Å². The van der Waals surface area contributed by atoms with Gasteiger partial charge in [0.15, 0.2) is 5.65 Å². The first-order valence-corrected chi connectivity index (χ1v) is 11.8. The lowest BCUT2D eigenvalue weighted by Crippen LogP contribution is -2.42. The Morgan fingerprint density at radius 3 is 2.47 bits per heavy atom. The number of rotatable bonds is 3. The topological polar surface area (TPSA) is 50.5 Å². The molecule has 2 aliphatic rings. The van der Waals surface area contributed by atoms with Crippen LogP contribution in [0.4, 0.5) is 13.2 Å². The van der Waals surface area contributed by atoms with E-state index in [0.717, 1.165) is 47.7 Å². The summed E-state index contributed by atoms with van der Waals surface area (Å²) in [6.45, 7) is 9.40. The number of aromatic nitrogens is 3. The van der Waals surface area contributed by atoms with Crippen molar-refractivity contribution in [2.45, 2.75) is 84.2 Å². The van der Waals surface area contributed by atoms with E-state index in [1.807, 2.05) is 22.4 Å². The van der Waals surface area contributed by atoms with E-state index in [1.165, 1.54) is 0 Å². The lowest BCUT2D eigenvalue weighted by atomic mass is 9.80. The molecule has 0 bridgehead atoms. The smallest absolute Gasteiger partial charge is 0.342 e. The Morgan fingerprint density at radius 1 is 1.19 bits per heavy atom. The first kappa shape index (κ1) is 23.1. The van der Waals surface area contributed by atoms with Crippen molar-refractivity contribution < 1.29 is 18.0 Å². The van der Waals surface area contributed by atoms with E-state index in [2.05, 4.69) is 13.8 Å². The van der Waals surface area contributed by atoms with E-state index in [-0.39, 0.29) is 30.6 Å². The third-order valence-corrected chi connectivity index (χ3v) is 7.68. The molecule has 5 nitrogen and oxygen atoms in total. The molecule has 0 unspecified atom stereocenters. The molecule has 2 aromatic heterocycles. The summed E-state index contributed by atoms with van der Waals surface area (Å²) in [5, 5.41) is 4.92. The number of hydrogen-bond acceptors (Lipinski definition) is 3. The van der Waals surface area contributed by atoms with Gasteiger partial charge in [0.25, 0.3) is 0 Å². The van der Waals surface area contributed by atoms with Gasteiger partial charge in [-0.25, -0.2) is 9.50 Å². The molecule has 1 aliphatic heterocycles. The summed E-state index contributed by atoms with van der Waals surface area (Å²) in [6.07, 6.45) is -1.03. The first-order valence-electron chi connectivity index (χ1n) is 11.8. The van der Waals surface area contributed by atoms with Crippen molar-refractivity contribution in [2.24, 2.45) is 11.8 Å². The molecule has 8 heteroatoms. The van der Waals surface area contributed by atoms with Gasteiger partial charge in [0.1, 0.15) is 0 Å². The number of piperidine rings is 1. The molecular formula is C24H33F3N4O. The van der Waals surface area contributed by atoms with Crippen molar-refractivity contribution in [3.63, 3.8) is 0 Å². The van der Waals surface area contributed by atoms with Gasteiger partial charge >= 0.3 is 6.18 Å². The molecule has 2 atom stereocenters. The van der Waals surface area contributed by atoms with E-state index in [0.29, 0.717) is 25.3 Å². The van der Waals surface area contributed by atoms with Crippen LogP contribution in [-0.4, -0.2) is 44.7 Å². The minimum Gasteiger partial charge on any atom is -0.342 e. The van der Waals surface area contributed by atoms with Crippen LogP contribution in [0.3, 0.4) is 0 Å². The number of hydrogen-bond donors (Lipinski definition) is 0. The fraction of sp³-hybridized carbons (Fsp3) is 0.708. The maximum atomic E-state index is 13.1. The van der Waals surface area contributed by atoms with Crippen LogP contribution >= 0.6 is 0 Å². The SMILES string of the molecule is CCc1c(C)nc2cc([C@H]3CC[C@H](C(F)(F)F)CC3)nn2c1[C@@H]1CN(C(C)=O)CC[C@H]1C. The highest BCUT2D eigenvalue weighted by molar-refractivity contribution is 5.73. The van der Waals surface area contributed by atoms with Crippen LogP contribution in [0.25, 0.3) is 5.65 Å². The highest BCUT2D eigenvalue weighted by Crippen LogP contribution is 2.43. The van der Waals surface area contributed by atoms with Gasteiger partial charge in [-0.2, -0.15) is 18.3 Å². The zero-order valence-corrected chi connectivity index (χ0v) is 19.4. The molecule has 1 aliphatic carbocycles. The molecular weight excluding hydrogens is 417 g/mol. The van der Waals surface area contributed by atoms with Crippen LogP contribution in [-0.2, 0) is 11.2 Å². The zero-order valence-electron chi connectivity index (χ0n) is 19.4. The van der Waals surface area contributed by atoms with Gasteiger partial charge in [-0.05, 0) is 56.9 Å². The predicted octanol–water partition coefficient (Wildman–Crippen LogP) is 5.41. The monoisotopic (exact) mass is 450 g/mol. The summed E-state index contributed by atoms with van der Waals surface area (Å²) in [5.41, 5.74) is 4.85. The Hall–Kier alpha value is -2.12. The summed E-state index contributed by atoms with van der Waals surface area (Å²) >= 11 is 0. The molecule has 1 saturated carbocycles. The van der Waals surface area contributed by atoms with Crippen molar-refractivity contribution >= 4 is 11.6 Å². The van der Waals surface area contributed by atoms with E-state index >= 15 is 0 Å². The number of aryl methyl sites for hydroxylation is 1. The van der Waals surface area contributed by atoms with Crippen molar-refractivity contribution in [3.8, 4) is 0 Å². The summed E-state index contributed by atoms with van der Waals surface area (Å²) in [5.74, 6) is -0.522. The number of carbonyl (C=O) groups is 1. The number of alkyl halides is 3. The maximum absolute atomic E-state index is 13.1. The van der Waals surface area contributed by atoms with Gasteiger partial charge in [0.2, 0.25) is 5.91 Å². The molecule has 0 aromatic carbocycles. The number of likely N-dealkylation sites (tertiary alicyclic amines) is 1. The Labute approximate surface area is 187 Å². The van der Waals surface area contributed by atoms with Crippen LogP contribution in [0.1, 0.15) is 87.4 Å². The number of nitrogens with zero attached hydrogens (tertiary/aromatic N) is 4. The molecule has 0 N–H and O–H groups in total. The van der Waals surface area contributed by atoms with E-state index in [4.69, 9.17) is 10.1 Å². The third kappa shape index (κ3) is 4.25. The minimum absolute atomic E-state index is 0.0334. The second-order valence-corrected chi connectivity index (χ2v) is 9.68. The molecule has 2 aromatic rings. The lowest BCUT2D eigenvalue weighted by molar-refractivity contribution is -0.182. The molecule has 3 heterocycles. The summed E-state index contributed by atoms with van der Waals surface area (Å²) in [6, 6.07) is 1.96. The van der Waals surface area contributed by atoms with Gasteiger partial charge in [0, 0.05) is 43.6 Å². The van der Waals surface area contributed by atoms with Crippen LogP contribution in [0, 0.1) is 18.8 Å². The van der Waals surface area contributed by atoms with E-state index in [1.54, 1.807) is 6.92 Å².